The molecule has 6 nitrogen and oxygen atoms in total. The van der Waals surface area contributed by atoms with Gasteiger partial charge in [0.2, 0.25) is 6.54 Å². The Kier molecular flexibility index (Phi) is 5.36. The number of carbonyl (C=O) groups is 2. The number of hydrogen-bond acceptors (Lipinski definition) is 5. The lowest BCUT2D eigenvalue weighted by atomic mass is 9.70. The minimum absolute atomic E-state index is 0.120. The summed E-state index contributed by atoms with van der Waals surface area (Å²) in [5, 5.41) is 11.6. The molecule has 1 aliphatic rings. The van der Waals surface area contributed by atoms with E-state index < -0.39 is 28.8 Å². The first-order valence-corrected chi connectivity index (χ1v) is 7.87. The number of nitrogens with zero attached hydrogens (tertiary/aromatic N) is 1. The number of nitro groups is 1. The van der Waals surface area contributed by atoms with Gasteiger partial charge in [0.15, 0.2) is 5.78 Å². The molecule has 124 valence electrons. The molecule has 1 aromatic rings. The number of ketones is 1. The van der Waals surface area contributed by atoms with Crippen LogP contribution in [0.1, 0.15) is 37.7 Å². The van der Waals surface area contributed by atoms with E-state index in [-0.39, 0.29) is 25.2 Å². The van der Waals surface area contributed by atoms with Crippen molar-refractivity contribution in [2.24, 2.45) is 5.41 Å². The molecule has 0 aliphatic heterocycles. The Balaban J connectivity index is 2.55. The monoisotopic (exact) mass is 339 g/mol. The third kappa shape index (κ3) is 3.37. The van der Waals surface area contributed by atoms with Gasteiger partial charge < -0.3 is 4.74 Å². The minimum atomic E-state index is -1.49. The number of esters is 1. The van der Waals surface area contributed by atoms with Gasteiger partial charge in [0.1, 0.15) is 5.41 Å². The van der Waals surface area contributed by atoms with E-state index in [9.17, 15) is 19.7 Å². The van der Waals surface area contributed by atoms with E-state index in [1.807, 2.05) is 0 Å². The second kappa shape index (κ2) is 7.08. The molecule has 0 heterocycles. The molecule has 1 saturated carbocycles. The highest BCUT2D eigenvalue weighted by molar-refractivity contribution is 6.30. The summed E-state index contributed by atoms with van der Waals surface area (Å²) in [5.74, 6) is -1.85. The number of Topliss-reactive ketones (excluding diaryl/α,β-unsaturated/α-hetero) is 1. The molecule has 0 N–H and O–H groups in total. The molecule has 0 aromatic heterocycles. The van der Waals surface area contributed by atoms with Crippen molar-refractivity contribution in [3.63, 3.8) is 0 Å². The first kappa shape index (κ1) is 17.4. The lowest BCUT2D eigenvalue weighted by Crippen LogP contribution is -2.45. The average Bonchev–Trinajstić information content (AvgIpc) is 2.87. The number of rotatable bonds is 6. The zero-order chi connectivity index (χ0) is 17.0. The average molecular weight is 340 g/mol. The van der Waals surface area contributed by atoms with Gasteiger partial charge in [-0.1, -0.05) is 23.7 Å². The van der Waals surface area contributed by atoms with Crippen molar-refractivity contribution in [3.8, 4) is 0 Å². The van der Waals surface area contributed by atoms with E-state index in [2.05, 4.69) is 0 Å². The first-order valence-electron chi connectivity index (χ1n) is 7.49. The van der Waals surface area contributed by atoms with Crippen LogP contribution in [0.2, 0.25) is 5.02 Å². The number of carbonyl (C=O) groups excluding carboxylic acids is 2. The Morgan fingerprint density at radius 2 is 2.26 bits per heavy atom. The van der Waals surface area contributed by atoms with Crippen LogP contribution in [0.25, 0.3) is 0 Å². The summed E-state index contributed by atoms with van der Waals surface area (Å²) in [4.78, 5) is 35.8. The van der Waals surface area contributed by atoms with E-state index in [0.29, 0.717) is 17.0 Å². The molecule has 0 unspecified atom stereocenters. The molecule has 1 fully saturated rings. The van der Waals surface area contributed by atoms with Crippen LogP contribution in [-0.4, -0.2) is 29.8 Å². The van der Waals surface area contributed by atoms with Crippen molar-refractivity contribution in [3.05, 3.63) is 45.0 Å². The third-order valence-corrected chi connectivity index (χ3v) is 4.52. The molecule has 0 bridgehead atoms. The largest absolute Gasteiger partial charge is 0.465 e. The van der Waals surface area contributed by atoms with E-state index >= 15 is 0 Å². The summed E-state index contributed by atoms with van der Waals surface area (Å²) in [7, 11) is 0. The maximum atomic E-state index is 12.6. The van der Waals surface area contributed by atoms with Crippen molar-refractivity contribution < 1.29 is 19.2 Å². The van der Waals surface area contributed by atoms with Crippen LogP contribution in [0.3, 0.4) is 0 Å². The second-order valence-electron chi connectivity index (χ2n) is 5.59. The quantitative estimate of drug-likeness (QED) is 0.344. The van der Waals surface area contributed by atoms with Crippen LogP contribution in [0.15, 0.2) is 24.3 Å². The van der Waals surface area contributed by atoms with Crippen LogP contribution in [-0.2, 0) is 14.3 Å². The Bertz CT molecular complexity index is 633. The SMILES string of the molecule is CCOC(=O)[C@]1([C@@H](C[N+](=O)[O-])c2cccc(Cl)c2)CCCC1=O. The van der Waals surface area contributed by atoms with Gasteiger partial charge in [-0.05, 0) is 37.5 Å². The molecular weight excluding hydrogens is 322 g/mol. The zero-order valence-electron chi connectivity index (χ0n) is 12.8. The van der Waals surface area contributed by atoms with E-state index in [4.69, 9.17) is 16.3 Å². The van der Waals surface area contributed by atoms with Crippen LogP contribution < -0.4 is 0 Å². The van der Waals surface area contributed by atoms with Crippen molar-refractivity contribution in [1.29, 1.82) is 0 Å². The molecular formula is C16H18ClNO5. The van der Waals surface area contributed by atoms with Crippen molar-refractivity contribution in [2.45, 2.75) is 32.1 Å². The topological polar surface area (TPSA) is 86.5 Å². The standard InChI is InChI=1S/C16H18ClNO5/c1-2-23-15(20)16(8-4-7-14(16)19)13(10-18(21)22)11-5-3-6-12(17)9-11/h3,5-6,9,13H,2,4,7-8,10H2,1H3/t13-,16-/m0/s1. The molecule has 1 aromatic carbocycles. The molecule has 7 heteroatoms. The van der Waals surface area contributed by atoms with Gasteiger partial charge >= 0.3 is 5.97 Å². The van der Waals surface area contributed by atoms with Crippen LogP contribution in [0, 0.1) is 15.5 Å². The van der Waals surface area contributed by atoms with Gasteiger partial charge in [-0.25, -0.2) is 0 Å². The van der Waals surface area contributed by atoms with Crippen LogP contribution in [0.5, 0.6) is 0 Å². The maximum absolute atomic E-state index is 12.6. The van der Waals surface area contributed by atoms with Gasteiger partial charge in [-0.3, -0.25) is 19.7 Å². The predicted molar refractivity (Wildman–Crippen MR) is 84.0 cm³/mol. The normalized spacial score (nSPS) is 21.9. The molecule has 2 atom stereocenters. The highest BCUT2D eigenvalue weighted by Crippen LogP contribution is 2.48. The molecule has 1 aliphatic carbocycles. The smallest absolute Gasteiger partial charge is 0.320 e. The molecule has 2 rings (SSSR count). The molecule has 0 radical (unpaired) electrons. The Labute approximate surface area is 138 Å². The summed E-state index contributed by atoms with van der Waals surface area (Å²) in [6.07, 6.45) is 1.01. The van der Waals surface area contributed by atoms with Gasteiger partial charge in [-0.2, -0.15) is 0 Å². The van der Waals surface area contributed by atoms with Gasteiger partial charge in [-0.15, -0.1) is 0 Å². The number of hydrogen-bond donors (Lipinski definition) is 0. The minimum Gasteiger partial charge on any atom is -0.465 e. The lowest BCUT2D eigenvalue weighted by molar-refractivity contribution is -0.485. The van der Waals surface area contributed by atoms with Crippen LogP contribution >= 0.6 is 11.6 Å². The van der Waals surface area contributed by atoms with E-state index in [0.717, 1.165) is 0 Å². The number of ether oxygens (including phenoxy) is 1. The fourth-order valence-electron chi connectivity index (χ4n) is 3.30. The summed E-state index contributed by atoms with van der Waals surface area (Å²) >= 11 is 5.98. The molecule has 0 amide bonds. The molecule has 23 heavy (non-hydrogen) atoms. The van der Waals surface area contributed by atoms with Gasteiger partial charge in [0.25, 0.3) is 0 Å². The zero-order valence-corrected chi connectivity index (χ0v) is 13.5. The summed E-state index contributed by atoms with van der Waals surface area (Å²) in [5.41, 5.74) is -0.981. The second-order valence-corrected chi connectivity index (χ2v) is 6.03. The predicted octanol–water partition coefficient (Wildman–Crippen LogP) is 3.00. The Hall–Kier alpha value is -1.95. The van der Waals surface area contributed by atoms with Crippen molar-refractivity contribution in [2.75, 3.05) is 13.2 Å². The highest BCUT2D eigenvalue weighted by atomic mass is 35.5. The van der Waals surface area contributed by atoms with Gasteiger partial charge in [0, 0.05) is 16.4 Å². The summed E-state index contributed by atoms with van der Waals surface area (Å²) in [6.45, 7) is 1.24. The fraction of sp³-hybridized carbons (Fsp3) is 0.500. The summed E-state index contributed by atoms with van der Waals surface area (Å²) in [6, 6.07) is 6.53. The van der Waals surface area contributed by atoms with Crippen molar-refractivity contribution in [1.82, 2.24) is 0 Å². The number of halogens is 1. The van der Waals surface area contributed by atoms with Gasteiger partial charge in [0.05, 0.1) is 12.5 Å². The first-order chi connectivity index (χ1) is 10.9. The summed E-state index contributed by atoms with van der Waals surface area (Å²) < 4.78 is 5.10. The Morgan fingerprint density at radius 1 is 1.52 bits per heavy atom. The lowest BCUT2D eigenvalue weighted by Gasteiger charge is -2.31. The van der Waals surface area contributed by atoms with Crippen LogP contribution in [0.4, 0.5) is 0 Å². The fourth-order valence-corrected chi connectivity index (χ4v) is 3.49. The Morgan fingerprint density at radius 3 is 2.78 bits per heavy atom. The third-order valence-electron chi connectivity index (χ3n) is 4.29. The highest BCUT2D eigenvalue weighted by Gasteiger charge is 2.57. The van der Waals surface area contributed by atoms with E-state index in [1.54, 1.807) is 31.2 Å². The number of benzene rings is 1. The van der Waals surface area contributed by atoms with E-state index in [1.165, 1.54) is 0 Å². The molecule has 0 spiro atoms. The van der Waals surface area contributed by atoms with Crippen molar-refractivity contribution >= 4 is 23.4 Å². The maximum Gasteiger partial charge on any atom is 0.320 e. The molecule has 0 saturated heterocycles.